The maximum Gasteiger partial charge on any atom is 0.122 e. The van der Waals surface area contributed by atoms with Crippen molar-refractivity contribution >= 4 is 11.8 Å². The van der Waals surface area contributed by atoms with E-state index in [1.807, 2.05) is 6.26 Å². The molecule has 4 heteroatoms. The summed E-state index contributed by atoms with van der Waals surface area (Å²) in [6.45, 7) is 9.67. The molecule has 1 atom stereocenters. The summed E-state index contributed by atoms with van der Waals surface area (Å²) in [6.07, 6.45) is 1.81. The fraction of sp³-hybridized carbons (Fsp3) is 0.692. The molecule has 3 nitrogen and oxygen atoms in total. The first kappa shape index (κ1) is 13.0. The Morgan fingerprint density at radius 2 is 2.47 bits per heavy atom. The predicted molar refractivity (Wildman–Crippen MR) is 73.3 cm³/mol. The maximum absolute atomic E-state index is 5.54. The van der Waals surface area contributed by atoms with Crippen molar-refractivity contribution in [1.29, 1.82) is 0 Å². The van der Waals surface area contributed by atoms with Gasteiger partial charge in [-0.2, -0.15) is 11.8 Å². The van der Waals surface area contributed by atoms with Gasteiger partial charge in [-0.15, -0.1) is 0 Å². The number of nitrogens with one attached hydrogen (secondary N) is 1. The summed E-state index contributed by atoms with van der Waals surface area (Å²) in [7, 11) is 0. The van der Waals surface area contributed by atoms with Gasteiger partial charge in [0.2, 0.25) is 0 Å². The van der Waals surface area contributed by atoms with Crippen molar-refractivity contribution in [3.05, 3.63) is 23.7 Å². The molecule has 96 valence electrons. The van der Waals surface area contributed by atoms with Crippen LogP contribution in [-0.2, 0) is 13.1 Å². The molecule has 17 heavy (non-hydrogen) atoms. The summed E-state index contributed by atoms with van der Waals surface area (Å²) < 4.78 is 5.54. The quantitative estimate of drug-likeness (QED) is 0.873. The van der Waals surface area contributed by atoms with E-state index in [9.17, 15) is 0 Å². The second kappa shape index (κ2) is 6.47. The Hall–Kier alpha value is -0.450. The zero-order chi connectivity index (χ0) is 12.1. The monoisotopic (exact) mass is 254 g/mol. The summed E-state index contributed by atoms with van der Waals surface area (Å²) in [4.78, 5) is 2.53. The van der Waals surface area contributed by atoms with Crippen LogP contribution >= 0.6 is 11.8 Å². The second-order valence-electron chi connectivity index (χ2n) is 4.57. The molecule has 1 aliphatic rings. The van der Waals surface area contributed by atoms with Crippen molar-refractivity contribution in [3.63, 3.8) is 0 Å². The summed E-state index contributed by atoms with van der Waals surface area (Å²) >= 11 is 2.08. The molecule has 0 bridgehead atoms. The van der Waals surface area contributed by atoms with Crippen LogP contribution in [0.4, 0.5) is 0 Å². The first-order chi connectivity index (χ1) is 8.29. The molecule has 1 saturated heterocycles. The van der Waals surface area contributed by atoms with Gasteiger partial charge < -0.3 is 9.73 Å². The molecule has 0 spiro atoms. The Balaban J connectivity index is 1.91. The molecule has 1 aliphatic heterocycles. The van der Waals surface area contributed by atoms with Crippen LogP contribution in [0.15, 0.2) is 16.7 Å². The van der Waals surface area contributed by atoms with Crippen molar-refractivity contribution in [3.8, 4) is 0 Å². The van der Waals surface area contributed by atoms with Gasteiger partial charge in [0.25, 0.3) is 0 Å². The lowest BCUT2D eigenvalue weighted by atomic mass is 10.2. The number of nitrogens with zero attached hydrogens (tertiary/aromatic N) is 1. The third kappa shape index (κ3) is 3.76. The minimum atomic E-state index is 0.757. The van der Waals surface area contributed by atoms with Crippen LogP contribution in [0.3, 0.4) is 0 Å². The average Bonchev–Trinajstić information content (AvgIpc) is 2.74. The lowest BCUT2D eigenvalue weighted by molar-refractivity contribution is 0.275. The number of furan rings is 1. The van der Waals surface area contributed by atoms with Gasteiger partial charge in [-0.1, -0.05) is 13.8 Å². The zero-order valence-electron chi connectivity index (χ0n) is 10.7. The normalized spacial score (nSPS) is 21.9. The molecule has 0 saturated carbocycles. The molecule has 1 aromatic heterocycles. The van der Waals surface area contributed by atoms with E-state index in [0.717, 1.165) is 30.6 Å². The molecule has 2 heterocycles. The number of rotatable bonds is 5. The lowest BCUT2D eigenvalue weighted by Crippen LogP contribution is -2.36. The molecule has 1 aromatic rings. The van der Waals surface area contributed by atoms with Gasteiger partial charge in [-0.3, -0.25) is 4.90 Å². The lowest BCUT2D eigenvalue weighted by Gasteiger charge is -2.30. The Labute approximate surface area is 108 Å². The van der Waals surface area contributed by atoms with Crippen molar-refractivity contribution in [2.75, 3.05) is 25.4 Å². The van der Waals surface area contributed by atoms with Crippen LogP contribution in [0, 0.1) is 0 Å². The third-order valence-corrected chi connectivity index (χ3v) is 4.23. The van der Waals surface area contributed by atoms with Gasteiger partial charge in [0.1, 0.15) is 5.76 Å². The standard InChI is InChI=1S/C13H22N2OS/c1-3-14-8-13-12(4-6-16-13)10-15-5-7-17-11(2)9-15/h4,6,11,14H,3,5,7-10H2,1-2H3. The number of thioether (sulfide) groups is 1. The SMILES string of the molecule is CCNCc1occc1CN1CCSC(C)C1. The average molecular weight is 254 g/mol. The van der Waals surface area contributed by atoms with E-state index >= 15 is 0 Å². The number of hydrogen-bond acceptors (Lipinski definition) is 4. The van der Waals surface area contributed by atoms with Crippen LogP contribution in [0.2, 0.25) is 0 Å². The third-order valence-electron chi connectivity index (χ3n) is 3.09. The molecular weight excluding hydrogens is 232 g/mol. The van der Waals surface area contributed by atoms with Crippen LogP contribution < -0.4 is 5.32 Å². The van der Waals surface area contributed by atoms with Gasteiger partial charge in [-0.25, -0.2) is 0 Å². The summed E-state index contributed by atoms with van der Waals surface area (Å²) in [5.74, 6) is 2.35. The molecule has 2 rings (SSSR count). The highest BCUT2D eigenvalue weighted by Gasteiger charge is 2.18. The van der Waals surface area contributed by atoms with Crippen molar-refractivity contribution in [2.24, 2.45) is 0 Å². The molecule has 0 aliphatic carbocycles. The first-order valence-corrected chi connectivity index (χ1v) is 7.44. The van der Waals surface area contributed by atoms with Crippen molar-refractivity contribution in [1.82, 2.24) is 10.2 Å². The van der Waals surface area contributed by atoms with E-state index in [4.69, 9.17) is 4.42 Å². The van der Waals surface area contributed by atoms with E-state index in [0.29, 0.717) is 0 Å². The van der Waals surface area contributed by atoms with E-state index in [-0.39, 0.29) is 0 Å². The topological polar surface area (TPSA) is 28.4 Å². The largest absolute Gasteiger partial charge is 0.468 e. The van der Waals surface area contributed by atoms with E-state index in [1.54, 1.807) is 0 Å². The number of hydrogen-bond donors (Lipinski definition) is 1. The summed E-state index contributed by atoms with van der Waals surface area (Å²) in [5, 5.41) is 4.08. The summed E-state index contributed by atoms with van der Waals surface area (Å²) in [6, 6.07) is 2.11. The van der Waals surface area contributed by atoms with Crippen LogP contribution in [0.5, 0.6) is 0 Å². The molecular formula is C13H22N2OS. The van der Waals surface area contributed by atoms with Crippen molar-refractivity contribution in [2.45, 2.75) is 32.2 Å². The second-order valence-corrected chi connectivity index (χ2v) is 6.11. The molecule has 0 radical (unpaired) electrons. The molecule has 0 aromatic carbocycles. The molecule has 0 amide bonds. The first-order valence-electron chi connectivity index (χ1n) is 6.39. The van der Waals surface area contributed by atoms with E-state index in [2.05, 4.69) is 41.9 Å². The van der Waals surface area contributed by atoms with Gasteiger partial charge in [0.05, 0.1) is 12.8 Å². The highest BCUT2D eigenvalue weighted by Crippen LogP contribution is 2.21. The Morgan fingerprint density at radius 1 is 1.59 bits per heavy atom. The van der Waals surface area contributed by atoms with E-state index in [1.165, 1.54) is 24.4 Å². The van der Waals surface area contributed by atoms with Gasteiger partial charge in [-0.05, 0) is 12.6 Å². The molecule has 1 N–H and O–H groups in total. The predicted octanol–water partition coefficient (Wildman–Crippen LogP) is 2.33. The van der Waals surface area contributed by atoms with Gasteiger partial charge in [0.15, 0.2) is 0 Å². The Morgan fingerprint density at radius 3 is 3.24 bits per heavy atom. The highest BCUT2D eigenvalue weighted by atomic mass is 32.2. The minimum absolute atomic E-state index is 0.757. The smallest absolute Gasteiger partial charge is 0.122 e. The van der Waals surface area contributed by atoms with Crippen LogP contribution in [0.1, 0.15) is 25.2 Å². The zero-order valence-corrected chi connectivity index (χ0v) is 11.6. The van der Waals surface area contributed by atoms with Crippen LogP contribution in [-0.4, -0.2) is 35.5 Å². The van der Waals surface area contributed by atoms with E-state index < -0.39 is 0 Å². The Kier molecular flexibility index (Phi) is 4.95. The maximum atomic E-state index is 5.54. The molecule has 1 unspecified atom stereocenters. The van der Waals surface area contributed by atoms with Crippen molar-refractivity contribution < 1.29 is 4.42 Å². The van der Waals surface area contributed by atoms with Gasteiger partial charge in [0, 0.05) is 36.2 Å². The summed E-state index contributed by atoms with van der Waals surface area (Å²) in [5.41, 5.74) is 1.34. The Bertz CT molecular complexity index is 340. The minimum Gasteiger partial charge on any atom is -0.468 e. The fourth-order valence-electron chi connectivity index (χ4n) is 2.18. The molecule has 1 fully saturated rings. The van der Waals surface area contributed by atoms with Gasteiger partial charge >= 0.3 is 0 Å². The highest BCUT2D eigenvalue weighted by molar-refractivity contribution is 7.99. The fourth-order valence-corrected chi connectivity index (χ4v) is 3.26. The van der Waals surface area contributed by atoms with Crippen LogP contribution in [0.25, 0.3) is 0 Å².